The van der Waals surface area contributed by atoms with Crippen LogP contribution in [0.5, 0.6) is 0 Å². The van der Waals surface area contributed by atoms with Crippen molar-refractivity contribution in [2.24, 2.45) is 5.92 Å². The van der Waals surface area contributed by atoms with Crippen LogP contribution in [0, 0.1) is 5.92 Å². The van der Waals surface area contributed by atoms with Gasteiger partial charge in [0.15, 0.2) is 5.78 Å². The molecule has 2 heteroatoms. The number of hydrogen-bond donors (Lipinski definition) is 1. The number of ketones is 1. The van der Waals surface area contributed by atoms with Crippen LogP contribution in [0.25, 0.3) is 0 Å². The number of carbonyl (C=O) groups is 1. The molecule has 17 heavy (non-hydrogen) atoms. The Hall–Kier alpha value is -1.15. The second kappa shape index (κ2) is 6.55. The van der Waals surface area contributed by atoms with E-state index in [2.05, 4.69) is 31.3 Å². The first-order valence-corrected chi connectivity index (χ1v) is 6.34. The lowest BCUT2D eigenvalue weighted by atomic mass is 9.95. The first-order chi connectivity index (χ1) is 8.00. The largest absolute Gasteiger partial charge is 0.305 e. The molecule has 0 aliphatic heterocycles. The molecule has 1 rings (SSSR count). The van der Waals surface area contributed by atoms with Crippen molar-refractivity contribution in [3.8, 4) is 0 Å². The van der Waals surface area contributed by atoms with Crippen LogP contribution in [0.4, 0.5) is 0 Å². The first kappa shape index (κ1) is 13.9. The van der Waals surface area contributed by atoms with Gasteiger partial charge in [0, 0.05) is 12.0 Å². The Morgan fingerprint density at radius 1 is 1.12 bits per heavy atom. The maximum Gasteiger partial charge on any atom is 0.152 e. The number of rotatable bonds is 6. The predicted molar refractivity (Wildman–Crippen MR) is 72.1 cm³/mol. The quantitative estimate of drug-likeness (QED) is 0.818. The Morgan fingerprint density at radius 3 is 2.18 bits per heavy atom. The fourth-order valence-electron chi connectivity index (χ4n) is 1.90. The van der Waals surface area contributed by atoms with E-state index in [-0.39, 0.29) is 12.0 Å². The smallest absolute Gasteiger partial charge is 0.152 e. The van der Waals surface area contributed by atoms with E-state index in [4.69, 9.17) is 0 Å². The summed E-state index contributed by atoms with van der Waals surface area (Å²) in [6, 6.07) is 10.4. The van der Waals surface area contributed by atoms with Crippen molar-refractivity contribution in [3.05, 3.63) is 35.9 Å². The molecule has 0 radical (unpaired) electrons. The standard InChI is InChI=1S/C15H23NO/c1-11(2)15(17)14(16-12(3)4)10-13-8-6-5-7-9-13/h5-9,11-12,14,16H,10H2,1-4H3/t14-/m0/s1. The average molecular weight is 233 g/mol. The van der Waals surface area contributed by atoms with Crippen LogP contribution in [0.15, 0.2) is 30.3 Å². The first-order valence-electron chi connectivity index (χ1n) is 6.34. The summed E-state index contributed by atoms with van der Waals surface area (Å²) in [5, 5.41) is 3.36. The minimum absolute atomic E-state index is 0.0719. The van der Waals surface area contributed by atoms with Gasteiger partial charge in [-0.3, -0.25) is 4.79 Å². The van der Waals surface area contributed by atoms with E-state index in [0.717, 1.165) is 6.42 Å². The Balaban J connectivity index is 2.74. The van der Waals surface area contributed by atoms with Crippen LogP contribution in [0.1, 0.15) is 33.3 Å². The van der Waals surface area contributed by atoms with Crippen LogP contribution < -0.4 is 5.32 Å². The number of hydrogen-bond acceptors (Lipinski definition) is 2. The Bertz CT molecular complexity index is 343. The topological polar surface area (TPSA) is 29.1 Å². The van der Waals surface area contributed by atoms with E-state index >= 15 is 0 Å². The number of carbonyl (C=O) groups excluding carboxylic acids is 1. The summed E-state index contributed by atoms with van der Waals surface area (Å²) in [6.45, 7) is 8.07. The molecule has 0 saturated carbocycles. The van der Waals surface area contributed by atoms with Crippen LogP contribution in [0.2, 0.25) is 0 Å². The second-order valence-corrected chi connectivity index (χ2v) is 5.12. The van der Waals surface area contributed by atoms with E-state index in [1.165, 1.54) is 5.56 Å². The third-order valence-corrected chi connectivity index (χ3v) is 2.73. The summed E-state index contributed by atoms with van der Waals surface area (Å²) < 4.78 is 0. The fraction of sp³-hybridized carbons (Fsp3) is 0.533. The summed E-state index contributed by atoms with van der Waals surface area (Å²) in [5.74, 6) is 0.373. The Kier molecular flexibility index (Phi) is 5.36. The number of Topliss-reactive ketones (excluding diaryl/α,β-unsaturated/α-hetero) is 1. The zero-order valence-corrected chi connectivity index (χ0v) is 11.2. The molecule has 0 aromatic heterocycles. The fourth-order valence-corrected chi connectivity index (χ4v) is 1.90. The van der Waals surface area contributed by atoms with Gasteiger partial charge in [-0.05, 0) is 12.0 Å². The van der Waals surface area contributed by atoms with E-state index in [9.17, 15) is 4.79 Å². The van der Waals surface area contributed by atoms with Gasteiger partial charge in [0.05, 0.1) is 6.04 Å². The van der Waals surface area contributed by atoms with E-state index in [1.54, 1.807) is 0 Å². The van der Waals surface area contributed by atoms with Crippen LogP contribution in [-0.2, 0) is 11.2 Å². The van der Waals surface area contributed by atoms with Crippen molar-refractivity contribution in [1.82, 2.24) is 5.32 Å². The molecule has 2 nitrogen and oxygen atoms in total. The molecular weight excluding hydrogens is 210 g/mol. The molecule has 0 spiro atoms. The summed E-state index contributed by atoms with van der Waals surface area (Å²) >= 11 is 0. The van der Waals surface area contributed by atoms with Crippen molar-refractivity contribution >= 4 is 5.78 Å². The molecule has 0 saturated heterocycles. The molecule has 0 unspecified atom stereocenters. The minimum Gasteiger partial charge on any atom is -0.305 e. The molecule has 0 aliphatic rings. The molecule has 1 aromatic rings. The lowest BCUT2D eigenvalue weighted by Crippen LogP contribution is -2.44. The van der Waals surface area contributed by atoms with Crippen molar-refractivity contribution in [1.29, 1.82) is 0 Å². The third kappa shape index (κ3) is 4.70. The van der Waals surface area contributed by atoms with Gasteiger partial charge in [0.25, 0.3) is 0 Å². The van der Waals surface area contributed by atoms with E-state index < -0.39 is 0 Å². The average Bonchev–Trinajstić information content (AvgIpc) is 2.28. The SMILES string of the molecule is CC(C)N[C@@H](Cc1ccccc1)C(=O)C(C)C. The molecule has 0 aliphatic carbocycles. The van der Waals surface area contributed by atoms with Gasteiger partial charge in [0.1, 0.15) is 0 Å². The summed E-state index contributed by atoms with van der Waals surface area (Å²) in [7, 11) is 0. The van der Waals surface area contributed by atoms with Crippen LogP contribution in [0.3, 0.4) is 0 Å². The van der Waals surface area contributed by atoms with E-state index in [0.29, 0.717) is 11.8 Å². The van der Waals surface area contributed by atoms with Crippen LogP contribution in [-0.4, -0.2) is 17.9 Å². The molecule has 1 atom stereocenters. The summed E-state index contributed by atoms with van der Waals surface area (Å²) in [5.41, 5.74) is 1.21. The summed E-state index contributed by atoms with van der Waals surface area (Å²) in [4.78, 5) is 12.1. The Labute approximate surface area is 104 Å². The maximum absolute atomic E-state index is 12.1. The molecule has 0 heterocycles. The van der Waals surface area contributed by atoms with Crippen molar-refractivity contribution in [2.45, 2.75) is 46.2 Å². The highest BCUT2D eigenvalue weighted by Crippen LogP contribution is 2.09. The van der Waals surface area contributed by atoms with Gasteiger partial charge < -0.3 is 5.32 Å². The van der Waals surface area contributed by atoms with Crippen molar-refractivity contribution in [2.75, 3.05) is 0 Å². The molecule has 1 N–H and O–H groups in total. The van der Waals surface area contributed by atoms with Gasteiger partial charge in [-0.25, -0.2) is 0 Å². The second-order valence-electron chi connectivity index (χ2n) is 5.12. The third-order valence-electron chi connectivity index (χ3n) is 2.73. The highest BCUT2D eigenvalue weighted by Gasteiger charge is 2.21. The lowest BCUT2D eigenvalue weighted by molar-refractivity contribution is -0.124. The van der Waals surface area contributed by atoms with Crippen LogP contribution >= 0.6 is 0 Å². The lowest BCUT2D eigenvalue weighted by Gasteiger charge is -2.22. The zero-order chi connectivity index (χ0) is 12.8. The van der Waals surface area contributed by atoms with Gasteiger partial charge >= 0.3 is 0 Å². The minimum atomic E-state index is -0.0719. The molecular formula is C15H23NO. The molecule has 0 amide bonds. The van der Waals surface area contributed by atoms with Gasteiger partial charge in [-0.2, -0.15) is 0 Å². The molecule has 94 valence electrons. The van der Waals surface area contributed by atoms with Gasteiger partial charge in [-0.1, -0.05) is 58.0 Å². The normalized spacial score (nSPS) is 13.1. The van der Waals surface area contributed by atoms with Gasteiger partial charge in [0.2, 0.25) is 0 Å². The van der Waals surface area contributed by atoms with Crippen molar-refractivity contribution < 1.29 is 4.79 Å². The zero-order valence-electron chi connectivity index (χ0n) is 11.2. The summed E-state index contributed by atoms with van der Waals surface area (Å²) in [6.07, 6.45) is 0.774. The molecule has 0 fully saturated rings. The Morgan fingerprint density at radius 2 is 1.71 bits per heavy atom. The van der Waals surface area contributed by atoms with Crippen molar-refractivity contribution in [3.63, 3.8) is 0 Å². The van der Waals surface area contributed by atoms with E-state index in [1.807, 2.05) is 32.0 Å². The molecule has 1 aromatic carbocycles. The highest BCUT2D eigenvalue weighted by molar-refractivity contribution is 5.86. The monoisotopic (exact) mass is 233 g/mol. The predicted octanol–water partition coefficient (Wildman–Crippen LogP) is 2.82. The molecule has 0 bridgehead atoms. The number of nitrogens with one attached hydrogen (secondary N) is 1. The maximum atomic E-state index is 12.1. The highest BCUT2D eigenvalue weighted by atomic mass is 16.1. The number of benzene rings is 1. The van der Waals surface area contributed by atoms with Gasteiger partial charge in [-0.15, -0.1) is 0 Å².